The summed E-state index contributed by atoms with van der Waals surface area (Å²) in [5, 5.41) is 6.27. The van der Waals surface area contributed by atoms with Gasteiger partial charge in [0, 0.05) is 18.2 Å². The maximum atomic E-state index is 13.8. The second-order valence-electron chi connectivity index (χ2n) is 5.62. The van der Waals surface area contributed by atoms with E-state index in [4.69, 9.17) is 0 Å². The number of nitrogens with one attached hydrogen (secondary N) is 2. The first-order valence-corrected chi connectivity index (χ1v) is 6.78. The van der Waals surface area contributed by atoms with E-state index < -0.39 is 5.41 Å². The third kappa shape index (κ3) is 3.13. The molecule has 1 aliphatic heterocycles. The fourth-order valence-corrected chi connectivity index (χ4v) is 2.43. The monoisotopic (exact) mass is 264 g/mol. The Bertz CT molecular complexity index is 453. The molecule has 1 aromatic carbocycles. The van der Waals surface area contributed by atoms with Crippen LogP contribution in [0.15, 0.2) is 24.3 Å². The molecule has 0 bridgehead atoms. The molecule has 2 N–H and O–H groups in total. The highest BCUT2D eigenvalue weighted by molar-refractivity contribution is 5.87. The van der Waals surface area contributed by atoms with E-state index in [1.165, 1.54) is 6.07 Å². The number of carbonyl (C=O) groups excluding carboxylic acids is 1. The average Bonchev–Trinajstić information content (AvgIpc) is 2.40. The van der Waals surface area contributed by atoms with Crippen LogP contribution in [0.2, 0.25) is 0 Å². The lowest BCUT2D eigenvalue weighted by molar-refractivity contribution is -0.126. The van der Waals surface area contributed by atoms with Crippen LogP contribution in [-0.2, 0) is 10.2 Å². The number of hydrogen-bond acceptors (Lipinski definition) is 2. The van der Waals surface area contributed by atoms with E-state index >= 15 is 0 Å². The summed E-state index contributed by atoms with van der Waals surface area (Å²) in [5.41, 5.74) is -0.417. The van der Waals surface area contributed by atoms with Crippen molar-refractivity contribution in [2.75, 3.05) is 13.1 Å². The van der Waals surface area contributed by atoms with Crippen LogP contribution >= 0.6 is 0 Å². The van der Waals surface area contributed by atoms with Crippen molar-refractivity contribution in [2.24, 2.45) is 0 Å². The first kappa shape index (κ1) is 14.0. The summed E-state index contributed by atoms with van der Waals surface area (Å²) < 4.78 is 13.8. The molecule has 1 aliphatic rings. The van der Waals surface area contributed by atoms with Crippen LogP contribution < -0.4 is 10.6 Å². The normalized spacial score (nSPS) is 20.1. The average molecular weight is 264 g/mol. The van der Waals surface area contributed by atoms with Gasteiger partial charge in [0.25, 0.3) is 0 Å². The van der Waals surface area contributed by atoms with Gasteiger partial charge in [-0.25, -0.2) is 4.39 Å². The Kier molecular flexibility index (Phi) is 4.20. The Hall–Kier alpha value is -1.42. The molecule has 2 rings (SSSR count). The molecular formula is C15H21FN2O. The molecule has 0 aromatic heterocycles. The molecule has 1 atom stereocenters. The molecule has 0 spiro atoms. The van der Waals surface area contributed by atoms with Crippen LogP contribution in [0.3, 0.4) is 0 Å². The van der Waals surface area contributed by atoms with Crippen molar-refractivity contribution in [2.45, 2.75) is 38.1 Å². The quantitative estimate of drug-likeness (QED) is 0.876. The van der Waals surface area contributed by atoms with Gasteiger partial charge in [0.15, 0.2) is 0 Å². The molecule has 1 aromatic rings. The lowest BCUT2D eigenvalue weighted by Crippen LogP contribution is -2.50. The van der Waals surface area contributed by atoms with Crippen molar-refractivity contribution in [3.63, 3.8) is 0 Å². The van der Waals surface area contributed by atoms with Crippen LogP contribution in [0.4, 0.5) is 4.39 Å². The summed E-state index contributed by atoms with van der Waals surface area (Å²) in [4.78, 5) is 12.4. The van der Waals surface area contributed by atoms with Gasteiger partial charge < -0.3 is 10.6 Å². The zero-order valence-corrected chi connectivity index (χ0v) is 11.5. The summed E-state index contributed by atoms with van der Waals surface area (Å²) >= 11 is 0. The van der Waals surface area contributed by atoms with Gasteiger partial charge in [-0.15, -0.1) is 0 Å². The summed E-state index contributed by atoms with van der Waals surface area (Å²) in [6.07, 6.45) is 2.04. The molecule has 1 heterocycles. The van der Waals surface area contributed by atoms with Gasteiger partial charge in [0.2, 0.25) is 5.91 Å². The number of hydrogen-bond donors (Lipinski definition) is 2. The lowest BCUT2D eigenvalue weighted by Gasteiger charge is -2.30. The Balaban J connectivity index is 2.10. The number of carbonyl (C=O) groups is 1. The molecule has 104 valence electrons. The Morgan fingerprint density at radius 3 is 2.79 bits per heavy atom. The maximum absolute atomic E-state index is 13.8. The smallest absolute Gasteiger partial charge is 0.230 e. The molecule has 1 amide bonds. The molecule has 1 unspecified atom stereocenters. The van der Waals surface area contributed by atoms with Crippen LogP contribution in [-0.4, -0.2) is 25.0 Å². The summed E-state index contributed by atoms with van der Waals surface area (Å²) in [7, 11) is 0. The predicted molar refractivity (Wildman–Crippen MR) is 73.5 cm³/mol. The standard InChI is InChI=1S/C15H21FN2O/c1-15(2,12-7-3-4-8-13(12)16)14(19)18-11-6-5-9-17-10-11/h3-4,7-8,11,17H,5-6,9-10H2,1-2H3,(H,18,19). The van der Waals surface area contributed by atoms with Crippen molar-refractivity contribution in [1.29, 1.82) is 0 Å². The number of amides is 1. The summed E-state index contributed by atoms with van der Waals surface area (Å²) in [6, 6.07) is 6.61. The molecule has 0 aliphatic carbocycles. The van der Waals surface area contributed by atoms with E-state index in [0.717, 1.165) is 25.9 Å². The fraction of sp³-hybridized carbons (Fsp3) is 0.533. The van der Waals surface area contributed by atoms with Gasteiger partial charge in [-0.1, -0.05) is 18.2 Å². The van der Waals surface area contributed by atoms with Crippen LogP contribution in [0.1, 0.15) is 32.3 Å². The minimum atomic E-state index is -0.858. The van der Waals surface area contributed by atoms with E-state index in [1.807, 2.05) is 0 Å². The highest BCUT2D eigenvalue weighted by Gasteiger charge is 2.33. The number of halogens is 1. The van der Waals surface area contributed by atoms with Crippen molar-refractivity contribution in [1.82, 2.24) is 10.6 Å². The minimum Gasteiger partial charge on any atom is -0.351 e. The first-order valence-electron chi connectivity index (χ1n) is 6.78. The Morgan fingerprint density at radius 2 is 2.16 bits per heavy atom. The molecule has 1 fully saturated rings. The van der Waals surface area contributed by atoms with Crippen molar-refractivity contribution >= 4 is 5.91 Å². The second kappa shape index (κ2) is 5.70. The Labute approximate surface area is 113 Å². The second-order valence-corrected chi connectivity index (χ2v) is 5.62. The summed E-state index contributed by atoms with van der Waals surface area (Å²) in [6.45, 7) is 5.32. The van der Waals surface area contributed by atoms with Crippen molar-refractivity contribution in [3.8, 4) is 0 Å². The van der Waals surface area contributed by atoms with Crippen molar-refractivity contribution in [3.05, 3.63) is 35.6 Å². The highest BCUT2D eigenvalue weighted by atomic mass is 19.1. The van der Waals surface area contributed by atoms with E-state index in [1.54, 1.807) is 32.0 Å². The number of benzene rings is 1. The van der Waals surface area contributed by atoms with Gasteiger partial charge in [-0.3, -0.25) is 4.79 Å². The molecular weight excluding hydrogens is 243 g/mol. The SMILES string of the molecule is CC(C)(C(=O)NC1CCCNC1)c1ccccc1F. The molecule has 4 heteroatoms. The van der Waals surface area contributed by atoms with Gasteiger partial charge in [0.1, 0.15) is 5.82 Å². The van der Waals surface area contributed by atoms with Crippen LogP contribution in [0.25, 0.3) is 0 Å². The summed E-state index contributed by atoms with van der Waals surface area (Å²) in [5.74, 6) is -0.448. The highest BCUT2D eigenvalue weighted by Crippen LogP contribution is 2.26. The molecule has 0 saturated carbocycles. The Morgan fingerprint density at radius 1 is 1.42 bits per heavy atom. The fourth-order valence-electron chi connectivity index (χ4n) is 2.43. The third-order valence-corrected chi connectivity index (χ3v) is 3.75. The largest absolute Gasteiger partial charge is 0.351 e. The van der Waals surface area contributed by atoms with E-state index in [0.29, 0.717) is 5.56 Å². The van der Waals surface area contributed by atoms with Crippen LogP contribution in [0.5, 0.6) is 0 Å². The third-order valence-electron chi connectivity index (χ3n) is 3.75. The van der Waals surface area contributed by atoms with Crippen LogP contribution in [0, 0.1) is 5.82 Å². The molecule has 1 saturated heterocycles. The number of piperidine rings is 1. The van der Waals surface area contributed by atoms with E-state index in [-0.39, 0.29) is 17.8 Å². The predicted octanol–water partition coefficient (Wildman–Crippen LogP) is 1.97. The zero-order chi connectivity index (χ0) is 13.9. The van der Waals surface area contributed by atoms with Gasteiger partial charge >= 0.3 is 0 Å². The van der Waals surface area contributed by atoms with Crippen molar-refractivity contribution < 1.29 is 9.18 Å². The zero-order valence-electron chi connectivity index (χ0n) is 11.5. The van der Waals surface area contributed by atoms with E-state index in [2.05, 4.69) is 10.6 Å². The number of rotatable bonds is 3. The lowest BCUT2D eigenvalue weighted by atomic mass is 9.83. The van der Waals surface area contributed by atoms with E-state index in [9.17, 15) is 9.18 Å². The van der Waals surface area contributed by atoms with Gasteiger partial charge in [-0.2, -0.15) is 0 Å². The minimum absolute atomic E-state index is 0.119. The molecule has 3 nitrogen and oxygen atoms in total. The topological polar surface area (TPSA) is 41.1 Å². The molecule has 19 heavy (non-hydrogen) atoms. The van der Waals surface area contributed by atoms with Gasteiger partial charge in [-0.05, 0) is 39.3 Å². The molecule has 0 radical (unpaired) electrons. The maximum Gasteiger partial charge on any atom is 0.230 e. The first-order chi connectivity index (χ1) is 9.01. The van der Waals surface area contributed by atoms with Gasteiger partial charge in [0.05, 0.1) is 5.41 Å².